The number of rotatable bonds is 3. The van der Waals surface area contributed by atoms with Crippen LogP contribution in [-0.2, 0) is 0 Å². The Kier molecular flexibility index (Phi) is 3.50. The first-order valence-electron chi connectivity index (χ1n) is 5.98. The standard InChI is InChI=1S/C13H11ClN4OS/c1-8(14)20-10-4-2-9(3-5-10)11-6-17-18-12(11)15-7-16-13(18)19/h2-8H,1H3,(H,15,16,19). The van der Waals surface area contributed by atoms with Gasteiger partial charge in [0.2, 0.25) is 0 Å². The van der Waals surface area contributed by atoms with Crippen LogP contribution in [-0.4, -0.2) is 24.3 Å². The molecular formula is C13H11ClN4OS. The maximum absolute atomic E-state index is 11.6. The number of alkyl halides is 1. The molecule has 2 heterocycles. The highest BCUT2D eigenvalue weighted by Gasteiger charge is 2.09. The third kappa shape index (κ3) is 2.44. The van der Waals surface area contributed by atoms with Gasteiger partial charge in [-0.25, -0.2) is 9.78 Å². The summed E-state index contributed by atoms with van der Waals surface area (Å²) >= 11 is 7.53. The number of nitrogens with zero attached hydrogens (tertiary/aromatic N) is 3. The summed E-state index contributed by atoms with van der Waals surface area (Å²) in [4.78, 5) is 19.3. The van der Waals surface area contributed by atoms with Crippen LogP contribution in [0.25, 0.3) is 16.8 Å². The van der Waals surface area contributed by atoms with Crippen molar-refractivity contribution in [1.29, 1.82) is 0 Å². The quantitative estimate of drug-likeness (QED) is 0.597. The van der Waals surface area contributed by atoms with Crippen molar-refractivity contribution in [1.82, 2.24) is 19.6 Å². The summed E-state index contributed by atoms with van der Waals surface area (Å²) in [6, 6.07) is 7.94. The van der Waals surface area contributed by atoms with Gasteiger partial charge in [0.15, 0.2) is 5.65 Å². The number of thioether (sulfide) groups is 1. The summed E-state index contributed by atoms with van der Waals surface area (Å²) in [7, 11) is 0. The Balaban J connectivity index is 2.03. The molecule has 102 valence electrons. The van der Waals surface area contributed by atoms with Crippen LogP contribution in [0, 0.1) is 0 Å². The molecule has 0 saturated heterocycles. The third-order valence-corrected chi connectivity index (χ3v) is 3.91. The van der Waals surface area contributed by atoms with Gasteiger partial charge in [-0.3, -0.25) is 4.98 Å². The molecule has 2 aromatic heterocycles. The van der Waals surface area contributed by atoms with Crippen molar-refractivity contribution < 1.29 is 0 Å². The van der Waals surface area contributed by atoms with Gasteiger partial charge in [-0.2, -0.15) is 9.61 Å². The van der Waals surface area contributed by atoms with E-state index in [0.717, 1.165) is 16.0 Å². The molecule has 1 N–H and O–H groups in total. The molecular weight excluding hydrogens is 296 g/mol. The molecule has 0 fully saturated rings. The van der Waals surface area contributed by atoms with E-state index in [-0.39, 0.29) is 10.4 Å². The molecule has 0 aliphatic carbocycles. The van der Waals surface area contributed by atoms with E-state index in [2.05, 4.69) is 15.1 Å². The van der Waals surface area contributed by atoms with Crippen LogP contribution < -0.4 is 5.69 Å². The molecule has 0 spiro atoms. The highest BCUT2D eigenvalue weighted by Crippen LogP contribution is 2.29. The van der Waals surface area contributed by atoms with Crippen molar-refractivity contribution >= 4 is 29.0 Å². The van der Waals surface area contributed by atoms with Crippen LogP contribution in [0.4, 0.5) is 0 Å². The average molecular weight is 307 g/mol. The fourth-order valence-electron chi connectivity index (χ4n) is 1.93. The van der Waals surface area contributed by atoms with Crippen LogP contribution in [0.3, 0.4) is 0 Å². The molecule has 0 amide bonds. The second-order valence-corrected chi connectivity index (χ2v) is 6.51. The zero-order valence-electron chi connectivity index (χ0n) is 10.6. The lowest BCUT2D eigenvalue weighted by atomic mass is 10.1. The normalized spacial score (nSPS) is 12.7. The summed E-state index contributed by atoms with van der Waals surface area (Å²) in [6.07, 6.45) is 3.02. The van der Waals surface area contributed by atoms with Crippen LogP contribution >= 0.6 is 23.4 Å². The van der Waals surface area contributed by atoms with Crippen molar-refractivity contribution in [2.24, 2.45) is 0 Å². The first-order chi connectivity index (χ1) is 9.65. The van der Waals surface area contributed by atoms with Crippen LogP contribution in [0.15, 0.2) is 46.5 Å². The van der Waals surface area contributed by atoms with Crippen molar-refractivity contribution in [2.75, 3.05) is 0 Å². The van der Waals surface area contributed by atoms with Gasteiger partial charge < -0.3 is 0 Å². The van der Waals surface area contributed by atoms with Gasteiger partial charge in [-0.15, -0.1) is 23.4 Å². The Morgan fingerprint density at radius 1 is 1.35 bits per heavy atom. The van der Waals surface area contributed by atoms with E-state index in [9.17, 15) is 4.79 Å². The average Bonchev–Trinajstić information content (AvgIpc) is 2.84. The molecule has 0 radical (unpaired) electrons. The molecule has 1 unspecified atom stereocenters. The molecule has 20 heavy (non-hydrogen) atoms. The second kappa shape index (κ2) is 5.30. The SMILES string of the molecule is CC(Cl)Sc1ccc(-c2cnn3c(=O)[nH]cnc23)cc1. The number of benzene rings is 1. The topological polar surface area (TPSA) is 63.1 Å². The van der Waals surface area contributed by atoms with E-state index in [1.807, 2.05) is 31.2 Å². The molecule has 0 aliphatic heterocycles. The predicted octanol–water partition coefficient (Wildman–Crippen LogP) is 2.76. The van der Waals surface area contributed by atoms with Crippen molar-refractivity contribution in [2.45, 2.75) is 16.5 Å². The van der Waals surface area contributed by atoms with Crippen LogP contribution in [0.5, 0.6) is 0 Å². The number of aromatic amines is 1. The first kappa shape index (κ1) is 13.2. The van der Waals surface area contributed by atoms with Gasteiger partial charge in [0.05, 0.1) is 17.2 Å². The van der Waals surface area contributed by atoms with E-state index in [4.69, 9.17) is 11.6 Å². The Bertz CT molecular complexity index is 794. The highest BCUT2D eigenvalue weighted by atomic mass is 35.5. The summed E-state index contributed by atoms with van der Waals surface area (Å²) in [5, 5.41) is 4.05. The zero-order valence-corrected chi connectivity index (χ0v) is 12.1. The molecule has 1 aromatic carbocycles. The summed E-state index contributed by atoms with van der Waals surface area (Å²) in [5.41, 5.74) is 2.03. The number of H-pyrrole nitrogens is 1. The third-order valence-electron chi connectivity index (χ3n) is 2.77. The maximum Gasteiger partial charge on any atom is 0.349 e. The van der Waals surface area contributed by atoms with Crippen molar-refractivity contribution in [3.63, 3.8) is 0 Å². The Hall–Kier alpha value is -1.79. The van der Waals surface area contributed by atoms with Gasteiger partial charge in [0.25, 0.3) is 0 Å². The Morgan fingerprint density at radius 3 is 2.80 bits per heavy atom. The molecule has 1 atom stereocenters. The van der Waals surface area contributed by atoms with E-state index in [1.54, 1.807) is 18.0 Å². The van der Waals surface area contributed by atoms with Gasteiger partial charge in [0.1, 0.15) is 0 Å². The van der Waals surface area contributed by atoms with Gasteiger partial charge in [-0.05, 0) is 24.6 Å². The molecule has 3 aromatic rings. The van der Waals surface area contributed by atoms with Crippen molar-refractivity contribution in [3.05, 3.63) is 47.3 Å². The van der Waals surface area contributed by atoms with Crippen LogP contribution in [0.2, 0.25) is 0 Å². The lowest BCUT2D eigenvalue weighted by Crippen LogP contribution is -2.17. The van der Waals surface area contributed by atoms with Gasteiger partial charge >= 0.3 is 5.69 Å². The molecule has 5 nitrogen and oxygen atoms in total. The van der Waals surface area contributed by atoms with E-state index >= 15 is 0 Å². The van der Waals surface area contributed by atoms with E-state index < -0.39 is 0 Å². The molecule has 7 heteroatoms. The summed E-state index contributed by atoms with van der Waals surface area (Å²) in [6.45, 7) is 1.93. The van der Waals surface area contributed by atoms with E-state index in [1.165, 1.54) is 10.8 Å². The number of aromatic nitrogens is 4. The minimum atomic E-state index is -0.301. The first-order valence-corrected chi connectivity index (χ1v) is 7.29. The number of hydrogen-bond donors (Lipinski definition) is 1. The number of hydrogen-bond acceptors (Lipinski definition) is 4. The van der Waals surface area contributed by atoms with Crippen LogP contribution in [0.1, 0.15) is 6.92 Å². The fourth-order valence-corrected chi connectivity index (χ4v) is 2.91. The maximum atomic E-state index is 11.6. The number of nitrogens with one attached hydrogen (secondary N) is 1. The predicted molar refractivity (Wildman–Crippen MR) is 80.2 cm³/mol. The Morgan fingerprint density at radius 2 is 2.10 bits per heavy atom. The Labute approximate surface area is 124 Å². The smallest absolute Gasteiger partial charge is 0.296 e. The zero-order chi connectivity index (χ0) is 14.1. The van der Waals surface area contributed by atoms with E-state index in [0.29, 0.717) is 5.65 Å². The summed E-state index contributed by atoms with van der Waals surface area (Å²) < 4.78 is 1.27. The number of fused-ring (bicyclic) bond motifs is 1. The van der Waals surface area contributed by atoms with Crippen molar-refractivity contribution in [3.8, 4) is 11.1 Å². The second-order valence-electron chi connectivity index (χ2n) is 4.19. The fraction of sp³-hybridized carbons (Fsp3) is 0.154. The lowest BCUT2D eigenvalue weighted by molar-refractivity contribution is 0.840. The monoisotopic (exact) mass is 306 g/mol. The van der Waals surface area contributed by atoms with Gasteiger partial charge in [-0.1, -0.05) is 12.1 Å². The largest absolute Gasteiger partial charge is 0.349 e. The van der Waals surface area contributed by atoms with Gasteiger partial charge in [0, 0.05) is 10.5 Å². The molecule has 0 aliphatic rings. The highest BCUT2D eigenvalue weighted by molar-refractivity contribution is 8.01. The molecule has 0 saturated carbocycles. The molecule has 0 bridgehead atoms. The summed E-state index contributed by atoms with van der Waals surface area (Å²) in [5.74, 6) is 0. The number of halogens is 1. The minimum absolute atomic E-state index is 0.0260. The lowest BCUT2D eigenvalue weighted by Gasteiger charge is -2.04. The molecule has 3 rings (SSSR count). The minimum Gasteiger partial charge on any atom is -0.296 e.